The number of ether oxygens (including phenoxy) is 3. The van der Waals surface area contributed by atoms with Gasteiger partial charge < -0.3 is 14.2 Å². The Morgan fingerprint density at radius 3 is 2.80 bits per heavy atom. The van der Waals surface area contributed by atoms with Gasteiger partial charge in [0.1, 0.15) is 11.4 Å². The van der Waals surface area contributed by atoms with Crippen LogP contribution in [0.1, 0.15) is 63.7 Å². The summed E-state index contributed by atoms with van der Waals surface area (Å²) in [6.07, 6.45) is 8.45. The molecule has 0 saturated carbocycles. The van der Waals surface area contributed by atoms with E-state index < -0.39 is 5.60 Å². The van der Waals surface area contributed by atoms with Gasteiger partial charge >= 0.3 is 5.97 Å². The highest BCUT2D eigenvalue weighted by Gasteiger charge is 2.25. The molecule has 1 saturated heterocycles. The average Bonchev–Trinajstić information content (AvgIpc) is 2.70. The average molecular weight is 416 g/mol. The van der Waals surface area contributed by atoms with Crippen molar-refractivity contribution in [1.82, 2.24) is 4.90 Å². The Kier molecular flexibility index (Phi) is 7.95. The molecule has 2 aliphatic rings. The molecule has 0 spiro atoms. The number of aryl methyl sites for hydroxylation is 1. The van der Waals surface area contributed by atoms with E-state index in [0.29, 0.717) is 25.5 Å². The minimum Gasteiger partial charge on any atom is -0.493 e. The molecule has 1 aliphatic heterocycles. The van der Waals surface area contributed by atoms with Gasteiger partial charge in [0.2, 0.25) is 0 Å². The lowest BCUT2D eigenvalue weighted by molar-refractivity contribution is -0.155. The summed E-state index contributed by atoms with van der Waals surface area (Å²) in [4.78, 5) is 14.3. The van der Waals surface area contributed by atoms with E-state index in [0.717, 1.165) is 38.3 Å². The van der Waals surface area contributed by atoms with E-state index in [2.05, 4.69) is 42.2 Å². The molecule has 1 fully saturated rings. The lowest BCUT2D eigenvalue weighted by atomic mass is 9.95. The highest BCUT2D eigenvalue weighted by molar-refractivity contribution is 5.70. The Hall–Kier alpha value is -1.85. The molecule has 0 bridgehead atoms. The smallest absolute Gasteiger partial charge is 0.307 e. The zero-order valence-corrected chi connectivity index (χ0v) is 19.0. The minimum atomic E-state index is -0.431. The van der Waals surface area contributed by atoms with Crippen LogP contribution < -0.4 is 4.74 Å². The van der Waals surface area contributed by atoms with Gasteiger partial charge in [-0.3, -0.25) is 9.69 Å². The third-order valence-corrected chi connectivity index (χ3v) is 5.65. The predicted octanol–water partition coefficient (Wildman–Crippen LogP) is 4.84. The van der Waals surface area contributed by atoms with Crippen molar-refractivity contribution in [2.45, 2.75) is 65.1 Å². The first kappa shape index (κ1) is 22.8. The van der Waals surface area contributed by atoms with Gasteiger partial charge in [-0.2, -0.15) is 0 Å². The van der Waals surface area contributed by atoms with E-state index >= 15 is 0 Å². The molecule has 0 aromatic heterocycles. The first-order valence-corrected chi connectivity index (χ1v) is 11.2. The van der Waals surface area contributed by atoms with Crippen molar-refractivity contribution in [3.8, 4) is 5.75 Å². The van der Waals surface area contributed by atoms with Gasteiger partial charge in [0.25, 0.3) is 0 Å². The molecular formula is C25H37NO4. The molecule has 5 heteroatoms. The Bertz CT molecular complexity index is 737. The number of hydrogen-bond donors (Lipinski definition) is 0. The second-order valence-corrected chi connectivity index (χ2v) is 9.48. The Balaban J connectivity index is 1.50. The summed E-state index contributed by atoms with van der Waals surface area (Å²) in [5.41, 5.74) is 1.96. The summed E-state index contributed by atoms with van der Waals surface area (Å²) in [5.74, 6) is 1.41. The van der Waals surface area contributed by atoms with Crippen LogP contribution in [0.4, 0.5) is 0 Å². The fraction of sp³-hybridized carbons (Fsp3) is 0.640. The summed E-state index contributed by atoms with van der Waals surface area (Å²) in [6.45, 7) is 11.6. The number of carbonyl (C=O) groups is 1. The molecule has 1 aromatic rings. The predicted molar refractivity (Wildman–Crippen MR) is 119 cm³/mol. The SMILES string of the molecule is Cc1cc(OCC2CC=CCC2)ccc1C1CN(CCC(=O)OC(C)(C)C)CCO1. The Morgan fingerprint density at radius 1 is 1.27 bits per heavy atom. The summed E-state index contributed by atoms with van der Waals surface area (Å²) >= 11 is 0. The van der Waals surface area contributed by atoms with Crippen LogP contribution in [-0.2, 0) is 14.3 Å². The molecule has 2 unspecified atom stereocenters. The van der Waals surface area contributed by atoms with Crippen molar-refractivity contribution in [1.29, 1.82) is 0 Å². The van der Waals surface area contributed by atoms with Crippen LogP contribution in [0.2, 0.25) is 0 Å². The molecular weight excluding hydrogens is 378 g/mol. The quantitative estimate of drug-likeness (QED) is 0.471. The Morgan fingerprint density at radius 2 is 2.10 bits per heavy atom. The first-order valence-electron chi connectivity index (χ1n) is 11.2. The van der Waals surface area contributed by atoms with E-state index in [1.54, 1.807) is 0 Å². The topological polar surface area (TPSA) is 48.0 Å². The molecule has 0 N–H and O–H groups in total. The van der Waals surface area contributed by atoms with Crippen molar-refractivity contribution in [3.63, 3.8) is 0 Å². The van der Waals surface area contributed by atoms with Gasteiger partial charge in [-0.25, -0.2) is 0 Å². The number of esters is 1. The highest BCUT2D eigenvalue weighted by Crippen LogP contribution is 2.29. The Labute approximate surface area is 181 Å². The number of morpholine rings is 1. The van der Waals surface area contributed by atoms with Crippen molar-refractivity contribution in [3.05, 3.63) is 41.5 Å². The van der Waals surface area contributed by atoms with Crippen molar-refractivity contribution < 1.29 is 19.0 Å². The van der Waals surface area contributed by atoms with Crippen molar-refractivity contribution >= 4 is 5.97 Å². The summed E-state index contributed by atoms with van der Waals surface area (Å²) in [6, 6.07) is 6.31. The normalized spacial score (nSPS) is 22.7. The first-order chi connectivity index (χ1) is 14.3. The van der Waals surface area contributed by atoms with Gasteiger partial charge in [0.15, 0.2) is 0 Å². The zero-order valence-electron chi connectivity index (χ0n) is 19.0. The third-order valence-electron chi connectivity index (χ3n) is 5.65. The third kappa shape index (κ3) is 7.13. The number of nitrogens with zero attached hydrogens (tertiary/aromatic N) is 1. The molecule has 0 amide bonds. The largest absolute Gasteiger partial charge is 0.493 e. The van der Waals surface area contributed by atoms with Gasteiger partial charge in [0, 0.05) is 19.6 Å². The molecule has 3 rings (SSSR count). The van der Waals surface area contributed by atoms with Gasteiger partial charge in [0.05, 0.1) is 25.7 Å². The van der Waals surface area contributed by atoms with Crippen LogP contribution in [0.25, 0.3) is 0 Å². The van der Waals surface area contributed by atoms with Crippen LogP contribution in [0.3, 0.4) is 0 Å². The van der Waals surface area contributed by atoms with Crippen molar-refractivity contribution in [2.24, 2.45) is 5.92 Å². The van der Waals surface area contributed by atoms with Gasteiger partial charge in [-0.1, -0.05) is 18.2 Å². The summed E-state index contributed by atoms with van der Waals surface area (Å²) in [5, 5.41) is 0. The minimum absolute atomic E-state index is 0.0231. The molecule has 2 atom stereocenters. The van der Waals surface area contributed by atoms with E-state index in [1.165, 1.54) is 17.5 Å². The van der Waals surface area contributed by atoms with Gasteiger partial charge in [-0.15, -0.1) is 0 Å². The maximum absolute atomic E-state index is 12.0. The van der Waals surface area contributed by atoms with Crippen LogP contribution in [-0.4, -0.2) is 49.3 Å². The number of rotatable bonds is 7. The standard InChI is InChI=1S/C25H37NO4/c1-19-16-21(29-18-20-8-6-5-7-9-20)10-11-22(19)23-17-26(14-15-28-23)13-12-24(27)30-25(2,3)4/h5-6,10-11,16,20,23H,7-9,12-15,17-18H2,1-4H3. The lowest BCUT2D eigenvalue weighted by Crippen LogP contribution is -2.40. The van der Waals surface area contributed by atoms with Crippen molar-refractivity contribution in [2.75, 3.05) is 32.8 Å². The second-order valence-electron chi connectivity index (χ2n) is 9.48. The number of benzene rings is 1. The molecule has 30 heavy (non-hydrogen) atoms. The summed E-state index contributed by atoms with van der Waals surface area (Å²) < 4.78 is 17.5. The lowest BCUT2D eigenvalue weighted by Gasteiger charge is -2.34. The van der Waals surface area contributed by atoms with Gasteiger partial charge in [-0.05, 0) is 76.1 Å². The summed E-state index contributed by atoms with van der Waals surface area (Å²) in [7, 11) is 0. The second kappa shape index (κ2) is 10.5. The molecule has 166 valence electrons. The fourth-order valence-electron chi connectivity index (χ4n) is 4.06. The molecule has 5 nitrogen and oxygen atoms in total. The maximum Gasteiger partial charge on any atom is 0.307 e. The van der Waals surface area contributed by atoms with E-state index in [-0.39, 0.29) is 12.1 Å². The van der Waals surface area contributed by atoms with Crippen LogP contribution >= 0.6 is 0 Å². The highest BCUT2D eigenvalue weighted by atomic mass is 16.6. The van der Waals surface area contributed by atoms with Crippen LogP contribution in [0.15, 0.2) is 30.4 Å². The molecule has 0 radical (unpaired) electrons. The fourth-order valence-corrected chi connectivity index (χ4v) is 4.06. The zero-order chi connectivity index (χ0) is 21.6. The monoisotopic (exact) mass is 415 g/mol. The molecule has 1 aromatic carbocycles. The molecule has 1 heterocycles. The maximum atomic E-state index is 12.0. The van der Waals surface area contributed by atoms with Crippen LogP contribution in [0.5, 0.6) is 5.75 Å². The number of hydrogen-bond acceptors (Lipinski definition) is 5. The van der Waals surface area contributed by atoms with E-state index in [1.807, 2.05) is 20.8 Å². The van der Waals surface area contributed by atoms with Crippen LogP contribution in [0, 0.1) is 12.8 Å². The number of allylic oxidation sites excluding steroid dienone is 2. The number of carbonyl (C=O) groups excluding carboxylic acids is 1. The molecule has 1 aliphatic carbocycles. The van der Waals surface area contributed by atoms with E-state index in [9.17, 15) is 4.79 Å². The van der Waals surface area contributed by atoms with E-state index in [4.69, 9.17) is 14.2 Å².